The van der Waals surface area contributed by atoms with Crippen molar-refractivity contribution in [1.29, 1.82) is 0 Å². The first-order valence-corrected chi connectivity index (χ1v) is 7.89. The highest BCUT2D eigenvalue weighted by Gasteiger charge is 2.26. The third-order valence-electron chi connectivity index (χ3n) is 3.96. The molecule has 0 unspecified atom stereocenters. The van der Waals surface area contributed by atoms with E-state index in [9.17, 15) is 9.90 Å². The first-order valence-electron chi connectivity index (χ1n) is 7.01. The van der Waals surface area contributed by atoms with Crippen LogP contribution in [0.1, 0.15) is 37.2 Å². The number of hydrogen-bond donors (Lipinski definition) is 2. The van der Waals surface area contributed by atoms with E-state index < -0.39 is 0 Å². The van der Waals surface area contributed by atoms with Crippen LogP contribution in [-0.4, -0.2) is 29.1 Å². The molecule has 0 spiro atoms. The second kappa shape index (κ2) is 6.87. The summed E-state index contributed by atoms with van der Waals surface area (Å²) in [5, 5.41) is 14.9. The van der Waals surface area contributed by atoms with E-state index in [-0.39, 0.29) is 17.9 Å². The summed E-state index contributed by atoms with van der Waals surface area (Å²) in [4.78, 5) is 16.5. The van der Waals surface area contributed by atoms with E-state index in [2.05, 4.69) is 10.3 Å². The molecule has 0 atom stereocenters. The normalized spacial score (nSPS) is 11.6. The number of carbonyl (C=O) groups excluding carboxylic acids is 1. The predicted molar refractivity (Wildman–Crippen MR) is 82.3 cm³/mol. The van der Waals surface area contributed by atoms with Crippen molar-refractivity contribution >= 4 is 17.2 Å². The molecule has 0 aliphatic carbocycles. The molecule has 0 aliphatic rings. The molecular weight excluding hydrogens is 288 g/mol. The van der Waals surface area contributed by atoms with Crippen LogP contribution in [0.25, 0.3) is 10.6 Å². The lowest BCUT2D eigenvalue weighted by Gasteiger charge is -2.29. The highest BCUT2D eigenvalue weighted by Crippen LogP contribution is 2.26. The van der Waals surface area contributed by atoms with Crippen molar-refractivity contribution in [2.24, 2.45) is 5.41 Å². The van der Waals surface area contributed by atoms with Gasteiger partial charge in [-0.2, -0.15) is 0 Å². The van der Waals surface area contributed by atoms with Crippen molar-refractivity contribution in [3.63, 3.8) is 0 Å². The summed E-state index contributed by atoms with van der Waals surface area (Å²) in [6.45, 7) is 4.56. The lowest BCUT2D eigenvalue weighted by molar-refractivity contribution is 0.0847. The van der Waals surface area contributed by atoms with Crippen molar-refractivity contribution in [2.75, 3.05) is 13.2 Å². The van der Waals surface area contributed by atoms with Gasteiger partial charge in [0, 0.05) is 22.9 Å². The fourth-order valence-corrected chi connectivity index (χ4v) is 2.82. The standard InChI is InChI=1S/C15H20N2O3S/c1-3-15(4-2,10-18)9-16-13(19)12-8-21-14(17-12)11-5-6-20-7-11/h5-8,18H,3-4,9-10H2,1-2H3,(H,16,19). The van der Waals surface area contributed by atoms with Crippen molar-refractivity contribution in [1.82, 2.24) is 10.3 Å². The molecule has 114 valence electrons. The molecule has 2 aromatic rings. The molecule has 0 radical (unpaired) electrons. The number of carbonyl (C=O) groups is 1. The highest BCUT2D eigenvalue weighted by molar-refractivity contribution is 7.13. The molecule has 0 aliphatic heterocycles. The van der Waals surface area contributed by atoms with Gasteiger partial charge in [0.05, 0.1) is 12.9 Å². The summed E-state index contributed by atoms with van der Waals surface area (Å²) in [7, 11) is 0. The van der Waals surface area contributed by atoms with E-state index in [0.717, 1.165) is 23.4 Å². The Kier molecular flexibility index (Phi) is 5.14. The summed E-state index contributed by atoms with van der Waals surface area (Å²) in [5.41, 5.74) is 1.01. The minimum atomic E-state index is -0.251. The van der Waals surface area contributed by atoms with Gasteiger partial charge in [-0.05, 0) is 18.9 Å². The maximum absolute atomic E-state index is 12.2. The van der Waals surface area contributed by atoms with Crippen molar-refractivity contribution in [3.05, 3.63) is 29.7 Å². The lowest BCUT2D eigenvalue weighted by Crippen LogP contribution is -2.39. The fourth-order valence-electron chi connectivity index (χ4n) is 2.03. The molecule has 0 fully saturated rings. The van der Waals surface area contributed by atoms with Crippen LogP contribution < -0.4 is 5.32 Å². The Bertz CT molecular complexity index is 565. The van der Waals surface area contributed by atoms with Crippen LogP contribution in [0.3, 0.4) is 0 Å². The quantitative estimate of drug-likeness (QED) is 0.824. The van der Waals surface area contributed by atoms with Gasteiger partial charge in [0.25, 0.3) is 5.91 Å². The molecule has 2 heterocycles. The number of hydrogen-bond acceptors (Lipinski definition) is 5. The van der Waals surface area contributed by atoms with Gasteiger partial charge in [-0.15, -0.1) is 11.3 Å². The van der Waals surface area contributed by atoms with Crippen LogP contribution in [0.5, 0.6) is 0 Å². The van der Waals surface area contributed by atoms with Gasteiger partial charge in [-0.1, -0.05) is 13.8 Å². The first kappa shape index (κ1) is 15.7. The summed E-state index contributed by atoms with van der Waals surface area (Å²) in [5.74, 6) is -0.208. The lowest BCUT2D eigenvalue weighted by atomic mass is 9.83. The zero-order chi connectivity index (χ0) is 15.3. The number of nitrogens with zero attached hydrogens (tertiary/aromatic N) is 1. The van der Waals surface area contributed by atoms with Gasteiger partial charge in [0.2, 0.25) is 0 Å². The minimum Gasteiger partial charge on any atom is -0.472 e. The smallest absolute Gasteiger partial charge is 0.270 e. The number of amides is 1. The average Bonchev–Trinajstić information content (AvgIpc) is 3.20. The largest absolute Gasteiger partial charge is 0.472 e. The number of thiazole rings is 1. The zero-order valence-electron chi connectivity index (χ0n) is 12.3. The van der Waals surface area contributed by atoms with Gasteiger partial charge >= 0.3 is 0 Å². The van der Waals surface area contributed by atoms with Crippen molar-refractivity contribution in [3.8, 4) is 10.6 Å². The van der Waals surface area contributed by atoms with E-state index in [0.29, 0.717) is 12.2 Å². The second-order valence-corrected chi connectivity index (χ2v) is 5.96. The Morgan fingerprint density at radius 2 is 2.24 bits per heavy atom. The molecule has 2 rings (SSSR count). The van der Waals surface area contributed by atoms with Gasteiger partial charge in [0.1, 0.15) is 17.0 Å². The second-order valence-electron chi connectivity index (χ2n) is 5.10. The van der Waals surface area contributed by atoms with E-state index in [1.165, 1.54) is 11.3 Å². The summed E-state index contributed by atoms with van der Waals surface area (Å²) >= 11 is 1.40. The predicted octanol–water partition coefficient (Wildman–Crippen LogP) is 2.93. The molecule has 1 amide bonds. The van der Waals surface area contributed by atoms with Crippen LogP contribution in [-0.2, 0) is 0 Å². The SMILES string of the molecule is CCC(CC)(CO)CNC(=O)c1csc(-c2ccoc2)n1. The molecular formula is C15H20N2O3S. The third-order valence-corrected chi connectivity index (χ3v) is 4.86. The van der Waals surface area contributed by atoms with E-state index in [1.807, 2.05) is 19.9 Å². The molecule has 2 N–H and O–H groups in total. The highest BCUT2D eigenvalue weighted by atomic mass is 32.1. The first-order chi connectivity index (χ1) is 10.1. The Balaban J connectivity index is 2.01. The number of nitrogens with one attached hydrogen (secondary N) is 1. The monoisotopic (exact) mass is 308 g/mol. The maximum atomic E-state index is 12.2. The van der Waals surface area contributed by atoms with Crippen LogP contribution in [0, 0.1) is 5.41 Å². The van der Waals surface area contributed by atoms with Crippen molar-refractivity contribution in [2.45, 2.75) is 26.7 Å². The van der Waals surface area contributed by atoms with Gasteiger partial charge < -0.3 is 14.8 Å². The Labute approximate surface area is 128 Å². The van der Waals surface area contributed by atoms with Crippen LogP contribution in [0.4, 0.5) is 0 Å². The van der Waals surface area contributed by atoms with Crippen molar-refractivity contribution < 1.29 is 14.3 Å². The van der Waals surface area contributed by atoms with Crippen LogP contribution >= 0.6 is 11.3 Å². The molecule has 21 heavy (non-hydrogen) atoms. The topological polar surface area (TPSA) is 75.4 Å². The Hall–Kier alpha value is -1.66. The summed E-state index contributed by atoms with van der Waals surface area (Å²) in [6.07, 6.45) is 4.81. The maximum Gasteiger partial charge on any atom is 0.270 e. The summed E-state index contributed by atoms with van der Waals surface area (Å²) in [6, 6.07) is 1.81. The molecule has 0 saturated heterocycles. The Morgan fingerprint density at radius 3 is 2.81 bits per heavy atom. The number of aliphatic hydroxyl groups excluding tert-OH is 1. The number of aliphatic hydroxyl groups is 1. The van der Waals surface area contributed by atoms with E-state index in [1.54, 1.807) is 17.9 Å². The van der Waals surface area contributed by atoms with E-state index >= 15 is 0 Å². The Morgan fingerprint density at radius 1 is 1.48 bits per heavy atom. The average molecular weight is 308 g/mol. The van der Waals surface area contributed by atoms with Gasteiger partial charge in [0.15, 0.2) is 0 Å². The summed E-state index contributed by atoms with van der Waals surface area (Å²) < 4.78 is 5.01. The van der Waals surface area contributed by atoms with Crippen LogP contribution in [0.2, 0.25) is 0 Å². The van der Waals surface area contributed by atoms with Crippen LogP contribution in [0.15, 0.2) is 28.4 Å². The molecule has 5 nitrogen and oxygen atoms in total. The molecule has 0 saturated carbocycles. The molecule has 0 bridgehead atoms. The third kappa shape index (κ3) is 3.51. The van der Waals surface area contributed by atoms with Gasteiger partial charge in [-0.3, -0.25) is 4.79 Å². The fraction of sp³-hybridized carbons (Fsp3) is 0.467. The minimum absolute atomic E-state index is 0.0671. The number of aromatic nitrogens is 1. The number of furan rings is 1. The molecule has 0 aromatic carbocycles. The number of rotatable bonds is 7. The van der Waals surface area contributed by atoms with E-state index in [4.69, 9.17) is 4.42 Å². The molecule has 2 aromatic heterocycles. The zero-order valence-corrected chi connectivity index (χ0v) is 13.1. The molecule has 6 heteroatoms. The van der Waals surface area contributed by atoms with Gasteiger partial charge in [-0.25, -0.2) is 4.98 Å².